The maximum Gasteiger partial charge on any atom is 0.137 e. The number of benzene rings is 1. The second kappa shape index (κ2) is 8.65. The fourth-order valence-electron chi connectivity index (χ4n) is 2.03. The Hall–Kier alpha value is -0.410. The molecule has 0 saturated heterocycles. The maximum atomic E-state index is 13.2. The van der Waals surface area contributed by atoms with E-state index < -0.39 is 0 Å². The molecule has 18 heavy (non-hydrogen) atoms. The van der Waals surface area contributed by atoms with Crippen LogP contribution in [0.15, 0.2) is 22.7 Å². The molecule has 1 N–H and O–H groups in total. The van der Waals surface area contributed by atoms with Gasteiger partial charge < -0.3 is 5.32 Å². The van der Waals surface area contributed by atoms with Gasteiger partial charge in [-0.3, -0.25) is 0 Å². The molecule has 0 fully saturated rings. The zero-order chi connectivity index (χ0) is 13.4. The number of hydrogen-bond acceptors (Lipinski definition) is 1. The highest BCUT2D eigenvalue weighted by atomic mass is 79.9. The van der Waals surface area contributed by atoms with E-state index in [1.54, 1.807) is 0 Å². The van der Waals surface area contributed by atoms with E-state index >= 15 is 0 Å². The summed E-state index contributed by atoms with van der Waals surface area (Å²) in [6.45, 7) is 5.44. The van der Waals surface area contributed by atoms with E-state index in [1.807, 2.05) is 12.1 Å². The smallest absolute Gasteiger partial charge is 0.137 e. The summed E-state index contributed by atoms with van der Waals surface area (Å²) in [6.07, 6.45) is 5.77. The van der Waals surface area contributed by atoms with Crippen LogP contribution in [-0.2, 0) is 6.42 Å². The van der Waals surface area contributed by atoms with E-state index in [9.17, 15) is 4.39 Å². The van der Waals surface area contributed by atoms with Crippen LogP contribution in [0.3, 0.4) is 0 Å². The molecule has 0 aliphatic heterocycles. The molecule has 0 saturated carbocycles. The molecule has 0 aliphatic carbocycles. The van der Waals surface area contributed by atoms with Gasteiger partial charge in [-0.05, 0) is 59.4 Å². The van der Waals surface area contributed by atoms with Crippen LogP contribution in [-0.4, -0.2) is 12.6 Å². The Balaban J connectivity index is 2.59. The zero-order valence-corrected chi connectivity index (χ0v) is 12.9. The fraction of sp³-hybridized carbons (Fsp3) is 0.600. The van der Waals surface area contributed by atoms with Crippen molar-refractivity contribution < 1.29 is 4.39 Å². The van der Waals surface area contributed by atoms with Crippen LogP contribution in [0.4, 0.5) is 4.39 Å². The Morgan fingerprint density at radius 1 is 1.28 bits per heavy atom. The first-order valence-electron chi connectivity index (χ1n) is 6.84. The number of rotatable bonds is 8. The second-order valence-corrected chi connectivity index (χ2v) is 5.60. The van der Waals surface area contributed by atoms with Crippen molar-refractivity contribution in [3.8, 4) is 0 Å². The van der Waals surface area contributed by atoms with Gasteiger partial charge in [-0.2, -0.15) is 0 Å². The predicted octanol–water partition coefficient (Wildman–Crippen LogP) is 4.69. The summed E-state index contributed by atoms with van der Waals surface area (Å²) < 4.78 is 13.7. The Bertz CT molecular complexity index is 346. The quantitative estimate of drug-likeness (QED) is 0.734. The summed E-state index contributed by atoms with van der Waals surface area (Å²) in [5, 5.41) is 3.58. The molecule has 1 atom stereocenters. The number of nitrogens with one attached hydrogen (secondary N) is 1. The summed E-state index contributed by atoms with van der Waals surface area (Å²) in [4.78, 5) is 0. The molecular weight excluding hydrogens is 293 g/mol. The van der Waals surface area contributed by atoms with E-state index in [2.05, 4.69) is 35.1 Å². The van der Waals surface area contributed by atoms with Gasteiger partial charge in [0.25, 0.3) is 0 Å². The van der Waals surface area contributed by atoms with Crippen molar-refractivity contribution in [2.45, 2.75) is 52.0 Å². The third-order valence-corrected chi connectivity index (χ3v) is 3.66. The molecule has 0 bridgehead atoms. The molecule has 0 radical (unpaired) electrons. The lowest BCUT2D eigenvalue weighted by Gasteiger charge is -2.18. The average molecular weight is 316 g/mol. The topological polar surface area (TPSA) is 12.0 Å². The number of unbranched alkanes of at least 4 members (excludes halogenated alkanes) is 1. The van der Waals surface area contributed by atoms with Gasteiger partial charge in [-0.15, -0.1) is 0 Å². The molecule has 0 aromatic heterocycles. The van der Waals surface area contributed by atoms with Crippen molar-refractivity contribution in [1.82, 2.24) is 5.32 Å². The van der Waals surface area contributed by atoms with E-state index in [0.29, 0.717) is 10.5 Å². The van der Waals surface area contributed by atoms with Gasteiger partial charge >= 0.3 is 0 Å². The van der Waals surface area contributed by atoms with Crippen LogP contribution < -0.4 is 5.32 Å². The largest absolute Gasteiger partial charge is 0.314 e. The number of halogens is 2. The van der Waals surface area contributed by atoms with Gasteiger partial charge in [0.2, 0.25) is 0 Å². The SMILES string of the molecule is CCCCC(Cc1ccc(F)c(Br)c1)NCCC. The first-order chi connectivity index (χ1) is 8.67. The lowest BCUT2D eigenvalue weighted by Crippen LogP contribution is -2.31. The Morgan fingerprint density at radius 2 is 2.06 bits per heavy atom. The molecular formula is C15H23BrFN. The lowest BCUT2D eigenvalue weighted by molar-refractivity contribution is 0.461. The van der Waals surface area contributed by atoms with Gasteiger partial charge in [-0.1, -0.05) is 32.8 Å². The molecule has 0 amide bonds. The molecule has 1 unspecified atom stereocenters. The van der Waals surface area contributed by atoms with Gasteiger partial charge in [0.05, 0.1) is 4.47 Å². The van der Waals surface area contributed by atoms with Crippen molar-refractivity contribution in [1.29, 1.82) is 0 Å². The fourth-order valence-corrected chi connectivity index (χ4v) is 2.45. The minimum atomic E-state index is -0.189. The highest BCUT2D eigenvalue weighted by Gasteiger charge is 2.09. The minimum absolute atomic E-state index is 0.189. The molecule has 0 aliphatic rings. The molecule has 1 aromatic carbocycles. The molecule has 1 rings (SSSR count). The Labute approximate surface area is 118 Å². The van der Waals surface area contributed by atoms with Crippen LogP contribution >= 0.6 is 15.9 Å². The molecule has 1 aromatic rings. The first kappa shape index (κ1) is 15.6. The van der Waals surface area contributed by atoms with Crippen molar-refractivity contribution in [3.63, 3.8) is 0 Å². The van der Waals surface area contributed by atoms with Gasteiger partial charge in [0, 0.05) is 6.04 Å². The molecule has 0 spiro atoms. The van der Waals surface area contributed by atoms with Crippen molar-refractivity contribution in [2.24, 2.45) is 0 Å². The predicted molar refractivity (Wildman–Crippen MR) is 79.4 cm³/mol. The average Bonchev–Trinajstić information content (AvgIpc) is 2.37. The van der Waals surface area contributed by atoms with Crippen molar-refractivity contribution >= 4 is 15.9 Å². The van der Waals surface area contributed by atoms with E-state index in [4.69, 9.17) is 0 Å². The number of hydrogen-bond donors (Lipinski definition) is 1. The third-order valence-electron chi connectivity index (χ3n) is 3.06. The third kappa shape index (κ3) is 5.49. The van der Waals surface area contributed by atoms with Crippen molar-refractivity contribution in [2.75, 3.05) is 6.54 Å². The van der Waals surface area contributed by atoms with Crippen LogP contribution in [0.1, 0.15) is 45.1 Å². The van der Waals surface area contributed by atoms with E-state index in [-0.39, 0.29) is 5.82 Å². The van der Waals surface area contributed by atoms with Crippen LogP contribution in [0.5, 0.6) is 0 Å². The van der Waals surface area contributed by atoms with Gasteiger partial charge in [0.15, 0.2) is 0 Å². The summed E-state index contributed by atoms with van der Waals surface area (Å²) in [5.41, 5.74) is 1.19. The molecule has 0 heterocycles. The summed E-state index contributed by atoms with van der Waals surface area (Å²) in [7, 11) is 0. The molecule has 102 valence electrons. The lowest BCUT2D eigenvalue weighted by atomic mass is 10.0. The highest BCUT2D eigenvalue weighted by Crippen LogP contribution is 2.18. The second-order valence-electron chi connectivity index (χ2n) is 4.75. The van der Waals surface area contributed by atoms with E-state index in [1.165, 1.54) is 30.9 Å². The zero-order valence-electron chi connectivity index (χ0n) is 11.3. The molecule has 3 heteroatoms. The summed E-state index contributed by atoms with van der Waals surface area (Å²) in [6, 6.07) is 5.81. The van der Waals surface area contributed by atoms with E-state index in [0.717, 1.165) is 19.4 Å². The first-order valence-corrected chi connectivity index (χ1v) is 7.64. The standard InChI is InChI=1S/C15H23BrFN/c1-3-5-6-13(18-9-4-2)10-12-7-8-15(17)14(16)11-12/h7-8,11,13,18H,3-6,9-10H2,1-2H3. The molecule has 1 nitrogen and oxygen atoms in total. The maximum absolute atomic E-state index is 13.2. The highest BCUT2D eigenvalue weighted by molar-refractivity contribution is 9.10. The van der Waals surface area contributed by atoms with Crippen LogP contribution in [0.25, 0.3) is 0 Å². The van der Waals surface area contributed by atoms with Crippen LogP contribution in [0, 0.1) is 5.82 Å². The summed E-state index contributed by atoms with van der Waals surface area (Å²) >= 11 is 3.25. The van der Waals surface area contributed by atoms with Crippen molar-refractivity contribution in [3.05, 3.63) is 34.1 Å². The van der Waals surface area contributed by atoms with Gasteiger partial charge in [-0.25, -0.2) is 4.39 Å². The van der Waals surface area contributed by atoms with Crippen LogP contribution in [0.2, 0.25) is 0 Å². The van der Waals surface area contributed by atoms with Gasteiger partial charge in [0.1, 0.15) is 5.82 Å². The Kier molecular flexibility index (Phi) is 7.52. The monoisotopic (exact) mass is 315 g/mol. The minimum Gasteiger partial charge on any atom is -0.314 e. The summed E-state index contributed by atoms with van der Waals surface area (Å²) in [5.74, 6) is -0.189. The normalized spacial score (nSPS) is 12.7. The Morgan fingerprint density at radius 3 is 2.67 bits per heavy atom.